The van der Waals surface area contributed by atoms with E-state index < -0.39 is 0 Å². The molecule has 0 fully saturated rings. The summed E-state index contributed by atoms with van der Waals surface area (Å²) < 4.78 is 2.33. The molecule has 0 aliphatic rings. The Kier molecular flexibility index (Phi) is 7.27. The van der Waals surface area contributed by atoms with Crippen molar-refractivity contribution in [3.8, 4) is 16.8 Å². The molecule has 0 aliphatic carbocycles. The molecule has 0 amide bonds. The van der Waals surface area contributed by atoms with Crippen molar-refractivity contribution in [3.05, 3.63) is 181 Å². The maximum absolute atomic E-state index is 5.07. The van der Waals surface area contributed by atoms with E-state index >= 15 is 0 Å². The molecule has 0 unspecified atom stereocenters. The van der Waals surface area contributed by atoms with Gasteiger partial charge >= 0.3 is 0 Å². The molecule has 0 bridgehead atoms. The molecule has 0 atom stereocenters. The Bertz CT molecular complexity index is 2150. The predicted octanol–water partition coefficient (Wildman–Crippen LogP) is 10.4. The Hall–Kier alpha value is -5.80. The van der Waals surface area contributed by atoms with E-state index in [2.05, 4.69) is 114 Å². The zero-order valence-corrected chi connectivity index (χ0v) is 24.6. The Morgan fingerprint density at radius 2 is 1.07 bits per heavy atom. The summed E-state index contributed by atoms with van der Waals surface area (Å²) in [4.78, 5) is 10.1. The van der Waals surface area contributed by atoms with Gasteiger partial charge in [0.25, 0.3) is 0 Å². The minimum Gasteiger partial charge on any atom is -0.309 e. The van der Waals surface area contributed by atoms with Crippen molar-refractivity contribution < 1.29 is 0 Å². The van der Waals surface area contributed by atoms with Crippen LogP contribution in [-0.4, -0.2) is 16.1 Å². The fourth-order valence-electron chi connectivity index (χ4n) is 5.70. The summed E-state index contributed by atoms with van der Waals surface area (Å²) in [6.45, 7) is 6.32. The molecule has 7 aromatic rings. The van der Waals surface area contributed by atoms with Gasteiger partial charge in [-0.1, -0.05) is 128 Å². The van der Waals surface area contributed by atoms with Gasteiger partial charge < -0.3 is 4.57 Å². The molecular formula is C41H31N3. The molecule has 0 saturated carbocycles. The fourth-order valence-corrected chi connectivity index (χ4v) is 5.70. The molecule has 1 heterocycles. The summed E-state index contributed by atoms with van der Waals surface area (Å²) in [5, 5.41) is 2.33. The van der Waals surface area contributed by atoms with E-state index in [1.54, 1.807) is 0 Å². The summed E-state index contributed by atoms with van der Waals surface area (Å²) in [7, 11) is 0. The van der Waals surface area contributed by atoms with Gasteiger partial charge in [0.2, 0.25) is 0 Å². The van der Waals surface area contributed by atoms with Crippen LogP contribution in [-0.2, 0) is 0 Å². The molecule has 210 valence electrons. The van der Waals surface area contributed by atoms with E-state index in [1.807, 2.05) is 61.5 Å². The van der Waals surface area contributed by atoms with Crippen molar-refractivity contribution in [2.24, 2.45) is 9.98 Å². The first-order valence-corrected chi connectivity index (χ1v) is 14.8. The van der Waals surface area contributed by atoms with E-state index in [1.165, 1.54) is 16.5 Å². The quantitative estimate of drug-likeness (QED) is 0.142. The molecule has 0 aliphatic heterocycles. The smallest absolute Gasteiger partial charge is 0.160 e. The number of aromatic nitrogens is 1. The third-order valence-corrected chi connectivity index (χ3v) is 7.98. The molecular weight excluding hydrogens is 534 g/mol. The van der Waals surface area contributed by atoms with Crippen molar-refractivity contribution in [2.45, 2.75) is 6.92 Å². The summed E-state index contributed by atoms with van der Waals surface area (Å²) in [5.41, 5.74) is 10.3. The highest BCUT2D eigenvalue weighted by molar-refractivity contribution is 6.16. The standard InChI is InChI=1S/C41H31N3/c1-29(31-14-6-3-7-15-31)42-41(43-30(2)32-16-8-4-9-17-32)35-24-27-40-38(28-35)37-20-12-13-21-39(37)44(40)36-25-22-34(23-26-36)33-18-10-5-11-19-33/h3-28H,1H2,2H3. The zero-order chi connectivity index (χ0) is 29.9. The van der Waals surface area contributed by atoms with Crippen LogP contribution in [0.2, 0.25) is 0 Å². The molecule has 44 heavy (non-hydrogen) atoms. The van der Waals surface area contributed by atoms with Gasteiger partial charge in [0.1, 0.15) is 0 Å². The maximum atomic E-state index is 5.07. The molecule has 7 rings (SSSR count). The first kappa shape index (κ1) is 27.1. The summed E-state index contributed by atoms with van der Waals surface area (Å²) in [5.74, 6) is 0.631. The number of rotatable bonds is 6. The molecule has 1 aromatic heterocycles. The SMILES string of the molecule is C=C(N=C(N=C(C)c1ccccc1)c1ccc2c(c1)c1ccccc1n2-c1ccc(-c2ccccc2)cc1)c1ccccc1. The number of nitrogens with zero attached hydrogens (tertiary/aromatic N) is 3. The number of amidine groups is 1. The van der Waals surface area contributed by atoms with Crippen molar-refractivity contribution in [3.63, 3.8) is 0 Å². The van der Waals surface area contributed by atoms with Crippen LogP contribution in [0.15, 0.2) is 174 Å². The number of benzene rings is 6. The highest BCUT2D eigenvalue weighted by Crippen LogP contribution is 2.34. The van der Waals surface area contributed by atoms with Gasteiger partial charge in [-0.25, -0.2) is 9.98 Å². The van der Waals surface area contributed by atoms with E-state index in [-0.39, 0.29) is 0 Å². The van der Waals surface area contributed by atoms with Crippen LogP contribution >= 0.6 is 0 Å². The third kappa shape index (κ3) is 5.28. The fraction of sp³-hybridized carbons (Fsp3) is 0.0244. The van der Waals surface area contributed by atoms with Gasteiger partial charge in [-0.2, -0.15) is 0 Å². The molecule has 0 spiro atoms. The topological polar surface area (TPSA) is 29.6 Å². The summed E-state index contributed by atoms with van der Waals surface area (Å²) in [6, 6.07) is 54.6. The highest BCUT2D eigenvalue weighted by Gasteiger charge is 2.15. The van der Waals surface area contributed by atoms with E-state index in [9.17, 15) is 0 Å². The minimum absolute atomic E-state index is 0.631. The van der Waals surface area contributed by atoms with Crippen LogP contribution < -0.4 is 0 Å². The molecule has 3 heteroatoms. The van der Waals surface area contributed by atoms with E-state index in [0.29, 0.717) is 11.5 Å². The average molecular weight is 566 g/mol. The lowest BCUT2D eigenvalue weighted by Gasteiger charge is -2.10. The number of fused-ring (bicyclic) bond motifs is 3. The number of para-hydroxylation sites is 1. The van der Waals surface area contributed by atoms with Crippen LogP contribution in [0, 0.1) is 0 Å². The monoisotopic (exact) mass is 565 g/mol. The Morgan fingerprint density at radius 1 is 0.500 bits per heavy atom. The van der Waals surface area contributed by atoms with Crippen molar-refractivity contribution >= 4 is 39.1 Å². The predicted molar refractivity (Wildman–Crippen MR) is 187 cm³/mol. The largest absolute Gasteiger partial charge is 0.309 e. The average Bonchev–Trinajstić information content (AvgIpc) is 3.43. The second-order valence-electron chi connectivity index (χ2n) is 10.8. The molecule has 3 nitrogen and oxygen atoms in total. The van der Waals surface area contributed by atoms with Gasteiger partial charge in [0.05, 0.1) is 16.7 Å². The Balaban J connectivity index is 1.37. The van der Waals surface area contributed by atoms with Gasteiger partial charge in [-0.05, 0) is 65.6 Å². The first-order chi connectivity index (χ1) is 21.7. The Labute approximate surface area is 257 Å². The minimum atomic E-state index is 0.631. The Morgan fingerprint density at radius 3 is 1.77 bits per heavy atom. The lowest BCUT2D eigenvalue weighted by Crippen LogP contribution is -2.04. The molecule has 0 radical (unpaired) electrons. The van der Waals surface area contributed by atoms with Crippen molar-refractivity contribution in [1.82, 2.24) is 4.57 Å². The molecule has 6 aromatic carbocycles. The second kappa shape index (κ2) is 11.8. The summed E-state index contributed by atoms with van der Waals surface area (Å²) >= 11 is 0. The van der Waals surface area contributed by atoms with Crippen LogP contribution in [0.5, 0.6) is 0 Å². The summed E-state index contributed by atoms with van der Waals surface area (Å²) in [6.07, 6.45) is 0. The van der Waals surface area contributed by atoms with Crippen molar-refractivity contribution in [2.75, 3.05) is 0 Å². The van der Waals surface area contributed by atoms with Gasteiger partial charge in [-0.3, -0.25) is 0 Å². The second-order valence-corrected chi connectivity index (χ2v) is 10.8. The van der Waals surface area contributed by atoms with Crippen LogP contribution in [0.1, 0.15) is 23.6 Å². The van der Waals surface area contributed by atoms with Gasteiger partial charge in [-0.15, -0.1) is 0 Å². The zero-order valence-electron chi connectivity index (χ0n) is 24.6. The number of hydrogen-bond donors (Lipinski definition) is 0. The number of aliphatic imine (C=N–C) groups is 2. The van der Waals surface area contributed by atoms with Crippen LogP contribution in [0.25, 0.3) is 44.3 Å². The lowest BCUT2D eigenvalue weighted by molar-refractivity contribution is 1.18. The van der Waals surface area contributed by atoms with E-state index in [0.717, 1.165) is 44.5 Å². The molecule has 0 N–H and O–H groups in total. The number of hydrogen-bond acceptors (Lipinski definition) is 1. The van der Waals surface area contributed by atoms with Gasteiger partial charge in [0, 0.05) is 27.7 Å². The van der Waals surface area contributed by atoms with Crippen LogP contribution in [0.3, 0.4) is 0 Å². The molecule has 0 saturated heterocycles. The van der Waals surface area contributed by atoms with Gasteiger partial charge in [0.15, 0.2) is 5.84 Å². The first-order valence-electron chi connectivity index (χ1n) is 14.8. The third-order valence-electron chi connectivity index (χ3n) is 7.98. The normalized spacial score (nSPS) is 12.1. The van der Waals surface area contributed by atoms with Crippen LogP contribution in [0.4, 0.5) is 0 Å². The maximum Gasteiger partial charge on any atom is 0.160 e. The van der Waals surface area contributed by atoms with Crippen molar-refractivity contribution in [1.29, 1.82) is 0 Å². The lowest BCUT2D eigenvalue weighted by atomic mass is 10.1. The van der Waals surface area contributed by atoms with E-state index in [4.69, 9.17) is 9.98 Å². The highest BCUT2D eigenvalue weighted by atomic mass is 15.0.